The second-order valence-electron chi connectivity index (χ2n) is 3.95. The van der Waals surface area contributed by atoms with Gasteiger partial charge in [0, 0.05) is 18.5 Å². The highest BCUT2D eigenvalue weighted by molar-refractivity contribution is 5.66. The number of carboxylic acid groups (broad SMARTS) is 1. The first-order valence-corrected chi connectivity index (χ1v) is 5.46. The first-order chi connectivity index (χ1) is 7.77. The fraction of sp³-hybridized carbons (Fsp3) is 0.417. The lowest BCUT2D eigenvalue weighted by Gasteiger charge is -2.18. The van der Waals surface area contributed by atoms with Gasteiger partial charge in [-0.1, -0.05) is 12.2 Å². The van der Waals surface area contributed by atoms with Crippen LogP contribution < -0.4 is 0 Å². The molecule has 84 valence electrons. The van der Waals surface area contributed by atoms with E-state index in [1.54, 1.807) is 6.20 Å². The van der Waals surface area contributed by atoms with E-state index < -0.39 is 5.97 Å². The van der Waals surface area contributed by atoms with E-state index in [9.17, 15) is 4.79 Å². The van der Waals surface area contributed by atoms with E-state index in [1.807, 2.05) is 12.2 Å². The molecule has 1 N–H and O–H groups in total. The van der Waals surface area contributed by atoms with Crippen molar-refractivity contribution < 1.29 is 9.90 Å². The van der Waals surface area contributed by atoms with E-state index in [4.69, 9.17) is 5.11 Å². The quantitative estimate of drug-likeness (QED) is 0.791. The SMILES string of the molecule is O=C(O)CCC1C=CN=NC2=C1CCC=C2. The van der Waals surface area contributed by atoms with E-state index in [1.165, 1.54) is 5.57 Å². The summed E-state index contributed by atoms with van der Waals surface area (Å²) in [6.45, 7) is 0. The average molecular weight is 218 g/mol. The molecule has 0 saturated carbocycles. The maximum absolute atomic E-state index is 10.6. The standard InChI is InChI=1S/C12H14N2O2/c15-12(16)6-5-9-7-8-13-14-11-4-2-1-3-10(9)11/h2,4,7-9H,1,3,5-6H2,(H,15,16). The van der Waals surface area contributed by atoms with Crippen molar-refractivity contribution >= 4 is 5.97 Å². The van der Waals surface area contributed by atoms with Crippen molar-refractivity contribution in [1.82, 2.24) is 0 Å². The van der Waals surface area contributed by atoms with Crippen LogP contribution in [-0.2, 0) is 4.79 Å². The van der Waals surface area contributed by atoms with Crippen LogP contribution in [0.25, 0.3) is 0 Å². The first-order valence-electron chi connectivity index (χ1n) is 5.46. The Bertz CT molecular complexity index is 405. The fourth-order valence-corrected chi connectivity index (χ4v) is 2.05. The van der Waals surface area contributed by atoms with Crippen LogP contribution in [0.5, 0.6) is 0 Å². The molecule has 16 heavy (non-hydrogen) atoms. The number of azo groups is 1. The predicted molar refractivity (Wildman–Crippen MR) is 59.8 cm³/mol. The van der Waals surface area contributed by atoms with Gasteiger partial charge in [0.05, 0.1) is 5.70 Å². The van der Waals surface area contributed by atoms with Crippen molar-refractivity contribution in [2.45, 2.75) is 25.7 Å². The van der Waals surface area contributed by atoms with Crippen molar-refractivity contribution in [2.75, 3.05) is 0 Å². The lowest BCUT2D eigenvalue weighted by molar-refractivity contribution is -0.137. The predicted octanol–water partition coefficient (Wildman–Crippen LogP) is 3.05. The normalized spacial score (nSPS) is 23.1. The highest BCUT2D eigenvalue weighted by atomic mass is 16.4. The maximum atomic E-state index is 10.6. The number of nitrogens with zero attached hydrogens (tertiary/aromatic N) is 2. The summed E-state index contributed by atoms with van der Waals surface area (Å²) in [6, 6.07) is 0. The van der Waals surface area contributed by atoms with Crippen LogP contribution in [0.3, 0.4) is 0 Å². The smallest absolute Gasteiger partial charge is 0.303 e. The molecule has 2 rings (SSSR count). The first kappa shape index (κ1) is 10.8. The molecule has 0 aromatic carbocycles. The zero-order chi connectivity index (χ0) is 11.4. The number of carboxylic acids is 1. The third-order valence-electron chi connectivity index (χ3n) is 2.85. The van der Waals surface area contributed by atoms with Gasteiger partial charge >= 0.3 is 5.97 Å². The zero-order valence-electron chi connectivity index (χ0n) is 8.97. The Labute approximate surface area is 94.1 Å². The van der Waals surface area contributed by atoms with Crippen molar-refractivity contribution in [2.24, 2.45) is 16.1 Å². The van der Waals surface area contributed by atoms with Gasteiger partial charge in [-0.2, -0.15) is 10.2 Å². The highest BCUT2D eigenvalue weighted by Gasteiger charge is 2.19. The third-order valence-corrected chi connectivity index (χ3v) is 2.85. The highest BCUT2D eigenvalue weighted by Crippen LogP contribution is 2.32. The molecule has 1 aliphatic carbocycles. The molecule has 0 aromatic heterocycles. The van der Waals surface area contributed by atoms with Crippen molar-refractivity contribution in [3.63, 3.8) is 0 Å². The van der Waals surface area contributed by atoms with Crippen LogP contribution in [-0.4, -0.2) is 11.1 Å². The van der Waals surface area contributed by atoms with Gasteiger partial charge in [0.25, 0.3) is 0 Å². The third kappa shape index (κ3) is 2.45. The number of carbonyl (C=O) groups is 1. The summed E-state index contributed by atoms with van der Waals surface area (Å²) >= 11 is 0. The fourth-order valence-electron chi connectivity index (χ4n) is 2.05. The molecular weight excluding hydrogens is 204 g/mol. The molecule has 0 fully saturated rings. The van der Waals surface area contributed by atoms with Gasteiger partial charge in [-0.15, -0.1) is 0 Å². The van der Waals surface area contributed by atoms with Gasteiger partial charge in [0.2, 0.25) is 0 Å². The zero-order valence-corrected chi connectivity index (χ0v) is 8.97. The lowest BCUT2D eigenvalue weighted by Crippen LogP contribution is -2.08. The van der Waals surface area contributed by atoms with Gasteiger partial charge in [-0.25, -0.2) is 0 Å². The molecule has 0 bridgehead atoms. The molecule has 2 aliphatic rings. The molecule has 4 heteroatoms. The van der Waals surface area contributed by atoms with Crippen molar-refractivity contribution in [3.05, 3.63) is 35.7 Å². The van der Waals surface area contributed by atoms with Crippen LogP contribution >= 0.6 is 0 Å². The van der Waals surface area contributed by atoms with Gasteiger partial charge in [-0.05, 0) is 30.9 Å². The minimum absolute atomic E-state index is 0.172. The van der Waals surface area contributed by atoms with E-state index >= 15 is 0 Å². The average Bonchev–Trinajstić information content (AvgIpc) is 2.48. The Balaban J connectivity index is 2.16. The van der Waals surface area contributed by atoms with Gasteiger partial charge in [0.15, 0.2) is 0 Å². The van der Waals surface area contributed by atoms with E-state index in [-0.39, 0.29) is 12.3 Å². The van der Waals surface area contributed by atoms with E-state index in [0.717, 1.165) is 18.5 Å². The van der Waals surface area contributed by atoms with E-state index in [2.05, 4.69) is 16.3 Å². The number of hydrogen-bond acceptors (Lipinski definition) is 3. The van der Waals surface area contributed by atoms with Crippen molar-refractivity contribution in [3.8, 4) is 0 Å². The van der Waals surface area contributed by atoms with Crippen LogP contribution in [0.2, 0.25) is 0 Å². The van der Waals surface area contributed by atoms with Crippen molar-refractivity contribution in [1.29, 1.82) is 0 Å². The van der Waals surface area contributed by atoms with Gasteiger partial charge < -0.3 is 5.11 Å². The Morgan fingerprint density at radius 3 is 3.25 bits per heavy atom. The molecular formula is C12H14N2O2. The summed E-state index contributed by atoms with van der Waals surface area (Å²) in [5.41, 5.74) is 2.13. The Kier molecular flexibility index (Phi) is 3.29. The lowest BCUT2D eigenvalue weighted by atomic mass is 9.87. The molecule has 1 heterocycles. The molecule has 1 unspecified atom stereocenters. The summed E-state index contributed by atoms with van der Waals surface area (Å²) in [5.74, 6) is -0.578. The topological polar surface area (TPSA) is 62.0 Å². The minimum atomic E-state index is -0.750. The summed E-state index contributed by atoms with van der Waals surface area (Å²) < 4.78 is 0. The van der Waals surface area contributed by atoms with Gasteiger partial charge in [-0.3, -0.25) is 4.79 Å². The second-order valence-corrected chi connectivity index (χ2v) is 3.95. The molecule has 0 spiro atoms. The Morgan fingerprint density at radius 2 is 2.44 bits per heavy atom. The summed E-state index contributed by atoms with van der Waals surface area (Å²) in [6.07, 6.45) is 10.5. The molecule has 0 radical (unpaired) electrons. The number of aliphatic carboxylic acids is 1. The molecule has 0 amide bonds. The molecule has 1 aliphatic heterocycles. The summed E-state index contributed by atoms with van der Waals surface area (Å²) in [4.78, 5) is 10.6. The van der Waals surface area contributed by atoms with Crippen LogP contribution in [0.4, 0.5) is 0 Å². The Morgan fingerprint density at radius 1 is 1.56 bits per heavy atom. The molecule has 0 aromatic rings. The number of rotatable bonds is 3. The maximum Gasteiger partial charge on any atom is 0.303 e. The minimum Gasteiger partial charge on any atom is -0.481 e. The van der Waals surface area contributed by atoms with E-state index in [0.29, 0.717) is 6.42 Å². The summed E-state index contributed by atoms with van der Waals surface area (Å²) in [7, 11) is 0. The number of hydrogen-bond donors (Lipinski definition) is 1. The molecule has 4 nitrogen and oxygen atoms in total. The van der Waals surface area contributed by atoms with Gasteiger partial charge in [0.1, 0.15) is 0 Å². The monoisotopic (exact) mass is 218 g/mol. The van der Waals surface area contributed by atoms with Crippen LogP contribution in [0, 0.1) is 5.92 Å². The number of allylic oxidation sites excluding steroid dienone is 4. The summed E-state index contributed by atoms with van der Waals surface area (Å²) in [5, 5.41) is 16.7. The second kappa shape index (κ2) is 4.88. The largest absolute Gasteiger partial charge is 0.481 e. The van der Waals surface area contributed by atoms with Crippen LogP contribution in [0.15, 0.2) is 45.9 Å². The molecule has 0 saturated heterocycles. The van der Waals surface area contributed by atoms with Crippen LogP contribution in [0.1, 0.15) is 25.7 Å². The molecule has 1 atom stereocenters. The Hall–Kier alpha value is -1.71.